The molecule has 32 heavy (non-hydrogen) atoms. The first kappa shape index (κ1) is 24.7. The van der Waals surface area contributed by atoms with Crippen LogP contribution in [0.15, 0.2) is 29.7 Å². The third-order valence-corrected chi connectivity index (χ3v) is 6.36. The summed E-state index contributed by atoms with van der Waals surface area (Å²) >= 11 is 1.60. The Kier molecular flexibility index (Phi) is 8.32. The summed E-state index contributed by atoms with van der Waals surface area (Å²) in [5.41, 5.74) is -0.185. The molecular weight excluding hydrogens is 443 g/mol. The van der Waals surface area contributed by atoms with Gasteiger partial charge in [-0.3, -0.25) is 4.39 Å². The predicted molar refractivity (Wildman–Crippen MR) is 120 cm³/mol. The van der Waals surface area contributed by atoms with Crippen molar-refractivity contribution in [2.75, 3.05) is 58.9 Å². The highest BCUT2D eigenvalue weighted by Crippen LogP contribution is 2.46. The van der Waals surface area contributed by atoms with E-state index in [1.807, 2.05) is 23.3 Å². The van der Waals surface area contributed by atoms with Gasteiger partial charge in [0.1, 0.15) is 11.6 Å². The molecule has 2 fully saturated rings. The van der Waals surface area contributed by atoms with Crippen molar-refractivity contribution >= 4 is 24.0 Å². The number of piperazine rings is 1. The minimum absolute atomic E-state index is 0.0271. The Morgan fingerprint density at radius 1 is 1.25 bits per heavy atom. The number of hydrogen-bond donors (Lipinski definition) is 3. The molecule has 1 atom stereocenters. The minimum atomic E-state index is -1.47. The first-order valence-corrected chi connectivity index (χ1v) is 11.2. The third-order valence-electron chi connectivity index (χ3n) is 5.44. The van der Waals surface area contributed by atoms with Crippen molar-refractivity contribution in [3.05, 3.63) is 41.3 Å². The standard InChI is InChI=1S/C21H30F3N5O2S/c1-27(2)32-29-7-5-28(6-8-29)18(12-25)19(31-14-21(13-22)3-4-21)20(30)26-17-10-15(23)9-16(24)11-17/h9-12,20,25-26,30H,3-8,13-14H2,1-2H3/b19-18-,25-12?. The summed E-state index contributed by atoms with van der Waals surface area (Å²) < 4.78 is 50.6. The van der Waals surface area contributed by atoms with Crippen molar-refractivity contribution in [2.45, 2.75) is 19.1 Å². The summed E-state index contributed by atoms with van der Waals surface area (Å²) in [6.45, 7) is 2.16. The second-order valence-electron chi connectivity index (χ2n) is 8.33. The first-order valence-electron chi connectivity index (χ1n) is 10.4. The van der Waals surface area contributed by atoms with Gasteiger partial charge in [0, 0.05) is 61.7 Å². The van der Waals surface area contributed by atoms with Gasteiger partial charge in [0.25, 0.3) is 0 Å². The van der Waals surface area contributed by atoms with Crippen LogP contribution < -0.4 is 5.32 Å². The lowest BCUT2D eigenvalue weighted by atomic mass is 10.1. The number of aliphatic hydroxyl groups is 1. The van der Waals surface area contributed by atoms with Gasteiger partial charge in [-0.15, -0.1) is 0 Å². The summed E-state index contributed by atoms with van der Waals surface area (Å²) in [4.78, 5) is 1.92. The quantitative estimate of drug-likeness (QED) is 0.197. The minimum Gasteiger partial charge on any atom is -0.490 e. The molecule has 1 unspecified atom stereocenters. The van der Waals surface area contributed by atoms with E-state index in [2.05, 4.69) is 9.62 Å². The molecule has 7 nitrogen and oxygen atoms in total. The average molecular weight is 474 g/mol. The lowest BCUT2D eigenvalue weighted by molar-refractivity contribution is 0.0731. The fraction of sp³-hybridized carbons (Fsp3) is 0.571. The van der Waals surface area contributed by atoms with E-state index < -0.39 is 30.0 Å². The Balaban J connectivity index is 1.80. The molecule has 3 N–H and O–H groups in total. The summed E-state index contributed by atoms with van der Waals surface area (Å²) in [7, 11) is 3.92. The number of nitrogens with one attached hydrogen (secondary N) is 2. The maximum absolute atomic E-state index is 13.6. The molecule has 11 heteroatoms. The fourth-order valence-corrected chi connectivity index (χ4v) is 4.23. The molecule has 1 heterocycles. The number of allylic oxidation sites excluding steroid dienone is 1. The van der Waals surface area contributed by atoms with Crippen molar-refractivity contribution in [3.8, 4) is 0 Å². The summed E-state index contributed by atoms with van der Waals surface area (Å²) in [5, 5.41) is 21.4. The Bertz CT molecular complexity index is 809. The van der Waals surface area contributed by atoms with E-state index in [1.165, 1.54) is 0 Å². The van der Waals surface area contributed by atoms with Crippen LogP contribution in [0.25, 0.3) is 0 Å². The molecular formula is C21H30F3N5O2S. The van der Waals surface area contributed by atoms with Crippen LogP contribution in [-0.2, 0) is 4.74 Å². The van der Waals surface area contributed by atoms with E-state index in [-0.39, 0.29) is 18.1 Å². The van der Waals surface area contributed by atoms with E-state index in [0.717, 1.165) is 37.5 Å². The second-order valence-corrected chi connectivity index (χ2v) is 9.74. The van der Waals surface area contributed by atoms with Gasteiger partial charge in [-0.2, -0.15) is 0 Å². The van der Waals surface area contributed by atoms with Crippen LogP contribution in [0.4, 0.5) is 18.9 Å². The van der Waals surface area contributed by atoms with Gasteiger partial charge >= 0.3 is 0 Å². The Hall–Kier alpha value is -1.95. The van der Waals surface area contributed by atoms with Crippen LogP contribution in [0, 0.1) is 22.5 Å². The van der Waals surface area contributed by atoms with Crippen molar-refractivity contribution in [1.82, 2.24) is 13.5 Å². The van der Waals surface area contributed by atoms with E-state index >= 15 is 0 Å². The number of halogens is 3. The SMILES string of the molecule is CN(C)SN1CCN(/C(C=N)=C(\OCC2(CF)CC2)C(O)Nc2cc(F)cc(F)c2)CC1. The molecule has 0 radical (unpaired) electrons. The van der Waals surface area contributed by atoms with Gasteiger partial charge in [0.05, 0.1) is 19.0 Å². The van der Waals surface area contributed by atoms with Crippen molar-refractivity contribution in [2.24, 2.45) is 5.41 Å². The number of alkyl halides is 1. The number of anilines is 1. The van der Waals surface area contributed by atoms with Gasteiger partial charge in [0.2, 0.25) is 0 Å². The van der Waals surface area contributed by atoms with Crippen LogP contribution in [0.2, 0.25) is 0 Å². The van der Waals surface area contributed by atoms with Crippen molar-refractivity contribution in [1.29, 1.82) is 5.41 Å². The molecule has 0 aromatic heterocycles. The molecule has 0 amide bonds. The number of aliphatic hydroxyl groups excluding tert-OH is 1. The molecule has 1 aliphatic carbocycles. The lowest BCUT2D eigenvalue weighted by Gasteiger charge is -2.37. The summed E-state index contributed by atoms with van der Waals surface area (Å²) in [6, 6.07) is 2.83. The maximum atomic E-state index is 13.6. The number of rotatable bonds is 11. The molecule has 3 rings (SSSR count). The lowest BCUT2D eigenvalue weighted by Crippen LogP contribution is -2.45. The van der Waals surface area contributed by atoms with Crippen LogP contribution in [0.5, 0.6) is 0 Å². The van der Waals surface area contributed by atoms with Crippen molar-refractivity contribution in [3.63, 3.8) is 0 Å². The van der Waals surface area contributed by atoms with E-state index in [9.17, 15) is 18.3 Å². The largest absolute Gasteiger partial charge is 0.490 e. The van der Waals surface area contributed by atoms with Crippen LogP contribution in [0.1, 0.15) is 12.8 Å². The number of nitrogens with zero attached hydrogens (tertiary/aromatic N) is 3. The number of hydrogen-bond acceptors (Lipinski definition) is 8. The normalized spacial score (nSPS) is 20.0. The van der Waals surface area contributed by atoms with E-state index in [0.29, 0.717) is 31.6 Å². The van der Waals surface area contributed by atoms with Gasteiger partial charge in [0.15, 0.2) is 12.0 Å². The van der Waals surface area contributed by atoms with Gasteiger partial charge in [-0.1, -0.05) is 0 Å². The molecule has 1 aromatic carbocycles. The number of ether oxygens (including phenoxy) is 1. The monoisotopic (exact) mass is 473 g/mol. The molecule has 1 aliphatic heterocycles. The molecule has 0 spiro atoms. The van der Waals surface area contributed by atoms with E-state index in [4.69, 9.17) is 10.1 Å². The van der Waals surface area contributed by atoms with Gasteiger partial charge in [-0.05, 0) is 39.1 Å². The maximum Gasteiger partial charge on any atom is 0.185 e. The molecule has 1 aromatic rings. The highest BCUT2D eigenvalue weighted by atomic mass is 32.2. The topological polar surface area (TPSA) is 75.1 Å². The van der Waals surface area contributed by atoms with Crippen LogP contribution >= 0.6 is 12.1 Å². The zero-order chi connectivity index (χ0) is 23.3. The highest BCUT2D eigenvalue weighted by molar-refractivity contribution is 7.94. The highest BCUT2D eigenvalue weighted by Gasteiger charge is 2.44. The van der Waals surface area contributed by atoms with Gasteiger partial charge < -0.3 is 25.5 Å². The molecule has 1 saturated carbocycles. The Morgan fingerprint density at radius 2 is 1.88 bits per heavy atom. The molecule has 2 aliphatic rings. The number of benzene rings is 1. The second kappa shape index (κ2) is 10.8. The summed E-state index contributed by atoms with van der Waals surface area (Å²) in [6.07, 6.45) is 0.999. The molecule has 178 valence electrons. The Morgan fingerprint density at radius 3 is 2.38 bits per heavy atom. The molecule has 0 bridgehead atoms. The smallest absolute Gasteiger partial charge is 0.185 e. The summed E-state index contributed by atoms with van der Waals surface area (Å²) in [5.74, 6) is -1.54. The molecule has 1 saturated heterocycles. The van der Waals surface area contributed by atoms with Gasteiger partial charge in [-0.25, -0.2) is 17.4 Å². The Labute approximate surface area is 191 Å². The van der Waals surface area contributed by atoms with E-state index in [1.54, 1.807) is 12.1 Å². The third kappa shape index (κ3) is 6.53. The zero-order valence-corrected chi connectivity index (χ0v) is 19.1. The predicted octanol–water partition coefficient (Wildman–Crippen LogP) is 3.06. The zero-order valence-electron chi connectivity index (χ0n) is 18.3. The van der Waals surface area contributed by atoms with Crippen molar-refractivity contribution < 1.29 is 23.0 Å². The average Bonchev–Trinajstić information content (AvgIpc) is 3.51. The fourth-order valence-electron chi connectivity index (χ4n) is 3.44. The first-order chi connectivity index (χ1) is 15.2. The van der Waals surface area contributed by atoms with Crippen LogP contribution in [0.3, 0.4) is 0 Å². The van der Waals surface area contributed by atoms with Crippen LogP contribution in [-0.4, -0.2) is 84.6 Å².